The van der Waals surface area contributed by atoms with Gasteiger partial charge in [-0.15, -0.1) is 0 Å². The highest BCUT2D eigenvalue weighted by Crippen LogP contribution is 2.37. The summed E-state index contributed by atoms with van der Waals surface area (Å²) < 4.78 is 7.44. The number of nitrogens with zero attached hydrogens (tertiary/aromatic N) is 2. The van der Waals surface area contributed by atoms with Crippen molar-refractivity contribution >= 4 is 16.9 Å². The Morgan fingerprint density at radius 2 is 1.92 bits per heavy atom. The van der Waals surface area contributed by atoms with Gasteiger partial charge in [-0.1, -0.05) is 6.07 Å². The van der Waals surface area contributed by atoms with E-state index in [2.05, 4.69) is 11.1 Å². The monoisotopic (exact) mass is 323 g/mol. The molecular formula is C19H21N3O2. The summed E-state index contributed by atoms with van der Waals surface area (Å²) in [5, 5.41) is 0.999. The molecule has 1 amide bonds. The minimum Gasteiger partial charge on any atom is -0.496 e. The van der Waals surface area contributed by atoms with Crippen molar-refractivity contribution in [2.24, 2.45) is 12.8 Å². The minimum absolute atomic E-state index is 0.264. The van der Waals surface area contributed by atoms with Gasteiger partial charge in [0.2, 0.25) is 0 Å². The normalized spacial score (nSPS) is 11.0. The molecule has 124 valence electrons. The fourth-order valence-electron chi connectivity index (χ4n) is 3.21. The van der Waals surface area contributed by atoms with E-state index in [-0.39, 0.29) is 5.69 Å². The number of nitrogens with two attached hydrogens (primary N) is 1. The van der Waals surface area contributed by atoms with E-state index in [1.54, 1.807) is 13.2 Å². The molecule has 2 N–H and O–H groups in total. The van der Waals surface area contributed by atoms with E-state index in [1.807, 2.05) is 44.5 Å². The molecule has 0 saturated heterocycles. The molecule has 0 unspecified atom stereocenters. The Bertz CT molecular complexity index is 971. The molecule has 24 heavy (non-hydrogen) atoms. The number of amides is 1. The average Bonchev–Trinajstić information content (AvgIpc) is 2.83. The molecule has 0 spiro atoms. The van der Waals surface area contributed by atoms with Crippen LogP contribution in [0.25, 0.3) is 22.2 Å². The third-order valence-electron chi connectivity index (χ3n) is 4.60. The first-order chi connectivity index (χ1) is 11.3. The first-order valence-corrected chi connectivity index (χ1v) is 7.76. The Labute approximate surface area is 141 Å². The zero-order chi connectivity index (χ0) is 17.6. The van der Waals surface area contributed by atoms with Gasteiger partial charge in [-0.2, -0.15) is 0 Å². The van der Waals surface area contributed by atoms with Crippen LogP contribution in [0, 0.1) is 20.8 Å². The van der Waals surface area contributed by atoms with E-state index < -0.39 is 5.91 Å². The lowest BCUT2D eigenvalue weighted by atomic mass is 9.93. The number of pyridine rings is 1. The number of aromatic nitrogens is 2. The highest BCUT2D eigenvalue weighted by atomic mass is 16.5. The maximum absolute atomic E-state index is 11.8. The molecule has 5 heteroatoms. The molecule has 2 aromatic heterocycles. The predicted octanol–water partition coefficient (Wildman–Crippen LogP) is 3.27. The van der Waals surface area contributed by atoms with Crippen LogP contribution < -0.4 is 10.5 Å². The number of rotatable bonds is 3. The highest BCUT2D eigenvalue weighted by Gasteiger charge is 2.18. The lowest BCUT2D eigenvalue weighted by Crippen LogP contribution is -2.14. The van der Waals surface area contributed by atoms with Gasteiger partial charge in [0.15, 0.2) is 0 Å². The van der Waals surface area contributed by atoms with E-state index in [4.69, 9.17) is 10.5 Å². The van der Waals surface area contributed by atoms with Gasteiger partial charge in [-0.3, -0.25) is 4.79 Å². The van der Waals surface area contributed by atoms with Crippen LogP contribution in [0.3, 0.4) is 0 Å². The van der Waals surface area contributed by atoms with Crippen LogP contribution in [-0.2, 0) is 7.05 Å². The molecule has 0 fully saturated rings. The summed E-state index contributed by atoms with van der Waals surface area (Å²) in [5.41, 5.74) is 11.7. The lowest BCUT2D eigenvalue weighted by Gasteiger charge is -2.15. The summed E-state index contributed by atoms with van der Waals surface area (Å²) in [6, 6.07) is 7.84. The Hall–Kier alpha value is -2.82. The molecular weight excluding hydrogens is 302 g/mol. The molecule has 0 atom stereocenters. The number of fused-ring (bicyclic) bond motifs is 1. The molecule has 0 aliphatic heterocycles. The summed E-state index contributed by atoms with van der Waals surface area (Å²) in [6.07, 6.45) is 0. The predicted molar refractivity (Wildman–Crippen MR) is 95.4 cm³/mol. The number of carbonyl (C=O) groups is 1. The van der Waals surface area contributed by atoms with Crippen LogP contribution in [0.5, 0.6) is 5.75 Å². The van der Waals surface area contributed by atoms with Crippen LogP contribution in [-0.4, -0.2) is 22.6 Å². The van der Waals surface area contributed by atoms with Crippen molar-refractivity contribution < 1.29 is 9.53 Å². The molecule has 0 aliphatic rings. The van der Waals surface area contributed by atoms with E-state index in [1.165, 1.54) is 0 Å². The molecule has 0 bridgehead atoms. The van der Waals surface area contributed by atoms with E-state index in [0.29, 0.717) is 0 Å². The second-order valence-electron chi connectivity index (χ2n) is 6.09. The van der Waals surface area contributed by atoms with E-state index in [9.17, 15) is 4.79 Å². The van der Waals surface area contributed by atoms with Crippen LogP contribution >= 0.6 is 0 Å². The van der Waals surface area contributed by atoms with Gasteiger partial charge in [0.25, 0.3) is 5.91 Å². The van der Waals surface area contributed by atoms with Crippen molar-refractivity contribution in [1.29, 1.82) is 0 Å². The van der Waals surface area contributed by atoms with Crippen molar-refractivity contribution in [3.8, 4) is 16.9 Å². The molecule has 2 heterocycles. The summed E-state index contributed by atoms with van der Waals surface area (Å²) in [6.45, 7) is 6.08. The third-order valence-corrected chi connectivity index (χ3v) is 4.60. The Morgan fingerprint density at radius 3 is 2.54 bits per heavy atom. The Morgan fingerprint density at radius 1 is 1.21 bits per heavy atom. The first kappa shape index (κ1) is 16.1. The maximum Gasteiger partial charge on any atom is 0.267 e. The number of aryl methyl sites for hydroxylation is 3. The standard InChI is InChI=1S/C19H21N3O2/c1-10-6-7-16(24-5)12(3)17(10)13-9-15(18(20)23)21-19-14(13)8-11(2)22(19)4/h6-9H,1-5H3,(H2,20,23). The van der Waals surface area contributed by atoms with Gasteiger partial charge in [-0.25, -0.2) is 4.98 Å². The van der Waals surface area contributed by atoms with Crippen molar-refractivity contribution in [3.63, 3.8) is 0 Å². The smallest absolute Gasteiger partial charge is 0.267 e. The van der Waals surface area contributed by atoms with Gasteiger partial charge >= 0.3 is 0 Å². The number of benzene rings is 1. The minimum atomic E-state index is -0.532. The largest absolute Gasteiger partial charge is 0.496 e. The highest BCUT2D eigenvalue weighted by molar-refractivity contribution is 6.01. The van der Waals surface area contributed by atoms with Gasteiger partial charge in [0.05, 0.1) is 7.11 Å². The second-order valence-corrected chi connectivity index (χ2v) is 6.09. The first-order valence-electron chi connectivity index (χ1n) is 7.76. The van der Waals surface area contributed by atoms with Gasteiger partial charge < -0.3 is 15.0 Å². The molecule has 5 nitrogen and oxygen atoms in total. The fraction of sp³-hybridized carbons (Fsp3) is 0.263. The number of hydrogen-bond donors (Lipinski definition) is 1. The zero-order valence-corrected chi connectivity index (χ0v) is 14.6. The van der Waals surface area contributed by atoms with E-state index in [0.717, 1.165) is 44.7 Å². The topological polar surface area (TPSA) is 70.1 Å². The van der Waals surface area contributed by atoms with Gasteiger partial charge in [0.1, 0.15) is 17.1 Å². The lowest BCUT2D eigenvalue weighted by molar-refractivity contribution is 0.0996. The molecule has 3 aromatic rings. The average molecular weight is 323 g/mol. The van der Waals surface area contributed by atoms with Crippen molar-refractivity contribution in [2.75, 3.05) is 7.11 Å². The summed E-state index contributed by atoms with van der Waals surface area (Å²) in [4.78, 5) is 16.2. The van der Waals surface area contributed by atoms with Crippen LogP contribution in [0.1, 0.15) is 27.3 Å². The molecule has 0 aliphatic carbocycles. The number of carbonyl (C=O) groups excluding carboxylic acids is 1. The van der Waals surface area contributed by atoms with Crippen LogP contribution in [0.2, 0.25) is 0 Å². The summed E-state index contributed by atoms with van der Waals surface area (Å²) in [5.74, 6) is 0.282. The summed E-state index contributed by atoms with van der Waals surface area (Å²) >= 11 is 0. The van der Waals surface area contributed by atoms with Crippen LogP contribution in [0.4, 0.5) is 0 Å². The number of hydrogen-bond acceptors (Lipinski definition) is 3. The van der Waals surface area contributed by atoms with Crippen molar-refractivity contribution in [2.45, 2.75) is 20.8 Å². The van der Waals surface area contributed by atoms with E-state index >= 15 is 0 Å². The van der Waals surface area contributed by atoms with Gasteiger partial charge in [-0.05, 0) is 61.2 Å². The molecule has 0 radical (unpaired) electrons. The number of primary amides is 1. The Balaban J connectivity index is 2.46. The summed E-state index contributed by atoms with van der Waals surface area (Å²) in [7, 11) is 3.59. The SMILES string of the molecule is COc1ccc(C)c(-c2cc(C(N)=O)nc3c2cc(C)n3C)c1C. The molecule has 1 aromatic carbocycles. The zero-order valence-electron chi connectivity index (χ0n) is 14.6. The number of ether oxygens (including phenoxy) is 1. The Kier molecular flexibility index (Phi) is 3.79. The third kappa shape index (κ3) is 2.33. The van der Waals surface area contributed by atoms with Crippen molar-refractivity contribution in [3.05, 3.63) is 46.8 Å². The van der Waals surface area contributed by atoms with Crippen LogP contribution in [0.15, 0.2) is 24.3 Å². The fourth-order valence-corrected chi connectivity index (χ4v) is 3.21. The van der Waals surface area contributed by atoms with Gasteiger partial charge in [0, 0.05) is 18.1 Å². The second kappa shape index (κ2) is 5.67. The molecule has 0 saturated carbocycles. The molecule has 3 rings (SSSR count). The maximum atomic E-state index is 11.8. The number of methoxy groups -OCH3 is 1. The van der Waals surface area contributed by atoms with Crippen molar-refractivity contribution in [1.82, 2.24) is 9.55 Å². The quantitative estimate of drug-likeness (QED) is 0.804.